The van der Waals surface area contributed by atoms with E-state index < -0.39 is 0 Å². The van der Waals surface area contributed by atoms with Crippen LogP contribution in [-0.2, 0) is 0 Å². The van der Waals surface area contributed by atoms with Crippen molar-refractivity contribution in [3.8, 4) is 0 Å². The second kappa shape index (κ2) is 2.55. The summed E-state index contributed by atoms with van der Waals surface area (Å²) in [7, 11) is 0. The lowest BCUT2D eigenvalue weighted by Gasteiger charge is -2.64. The fourth-order valence-corrected chi connectivity index (χ4v) is 4.92. The number of hydrogen-bond acceptors (Lipinski definition) is 1. The van der Waals surface area contributed by atoms with Crippen LogP contribution in [0.2, 0.25) is 0 Å². The Balaban J connectivity index is 2.01. The van der Waals surface area contributed by atoms with E-state index in [4.69, 9.17) is 0 Å². The van der Waals surface area contributed by atoms with Crippen LogP contribution < -0.4 is 0 Å². The second-order valence-corrected chi connectivity index (χ2v) is 6.35. The van der Waals surface area contributed by atoms with Crippen LogP contribution in [0.5, 0.6) is 0 Å². The summed E-state index contributed by atoms with van der Waals surface area (Å²) in [4.78, 5) is 0. The molecule has 3 unspecified atom stereocenters. The van der Waals surface area contributed by atoms with E-state index in [0.717, 1.165) is 37.0 Å². The van der Waals surface area contributed by atoms with E-state index in [-0.39, 0.29) is 11.0 Å². The van der Waals surface area contributed by atoms with Crippen LogP contribution >= 0.6 is 0 Å². The molecule has 4 saturated carbocycles. The quantitative estimate of drug-likeness (QED) is 0.680. The summed E-state index contributed by atoms with van der Waals surface area (Å²) in [6, 6.07) is 0. The first-order chi connectivity index (χ1) is 6.57. The maximum atomic E-state index is 10.8. The molecule has 4 rings (SSSR count). The number of aliphatic hydroxyl groups is 1. The van der Waals surface area contributed by atoms with Crippen molar-refractivity contribution in [3.05, 3.63) is 0 Å². The highest BCUT2D eigenvalue weighted by molar-refractivity contribution is 5.12. The van der Waals surface area contributed by atoms with Crippen molar-refractivity contribution < 1.29 is 5.11 Å². The Morgan fingerprint density at radius 3 is 2.14 bits per heavy atom. The fourth-order valence-electron chi connectivity index (χ4n) is 4.92. The summed E-state index contributed by atoms with van der Waals surface area (Å²) in [5, 5.41) is 10.8. The average molecular weight is 194 g/mol. The van der Waals surface area contributed by atoms with E-state index in [1.807, 2.05) is 0 Å². The third kappa shape index (κ3) is 0.900. The van der Waals surface area contributed by atoms with E-state index in [1.165, 1.54) is 19.3 Å². The van der Waals surface area contributed by atoms with Gasteiger partial charge in [0.1, 0.15) is 0 Å². The summed E-state index contributed by atoms with van der Waals surface area (Å²) in [6.45, 7) is 4.61. The smallest absolute Gasteiger partial charge is 0.0708 e. The Labute approximate surface area is 86.9 Å². The Bertz CT molecular complexity index is 246. The van der Waals surface area contributed by atoms with Gasteiger partial charge in [0.05, 0.1) is 5.60 Å². The highest BCUT2D eigenvalue weighted by Crippen LogP contribution is 2.65. The maximum Gasteiger partial charge on any atom is 0.0708 e. The molecule has 0 heterocycles. The Hall–Kier alpha value is -0.0400. The molecular formula is C13H22O. The predicted octanol–water partition coefficient (Wildman–Crippen LogP) is 2.97. The standard InChI is InChI=1S/C13H22O/c1-3-12(2)11-5-9-4-10(6-11)8-13(12,14)7-9/h9-11,14H,3-8H2,1-2H3. The van der Waals surface area contributed by atoms with Crippen molar-refractivity contribution in [2.75, 3.05) is 0 Å². The van der Waals surface area contributed by atoms with Gasteiger partial charge in [-0.2, -0.15) is 0 Å². The number of hydrogen-bond donors (Lipinski definition) is 1. The minimum atomic E-state index is -0.295. The first-order valence-corrected chi connectivity index (χ1v) is 6.30. The predicted molar refractivity (Wildman–Crippen MR) is 56.9 cm³/mol. The first kappa shape index (κ1) is 9.21. The van der Waals surface area contributed by atoms with E-state index >= 15 is 0 Å². The van der Waals surface area contributed by atoms with Crippen LogP contribution in [0.15, 0.2) is 0 Å². The molecule has 4 aliphatic carbocycles. The van der Waals surface area contributed by atoms with Crippen molar-refractivity contribution in [1.82, 2.24) is 0 Å². The lowest BCUT2D eigenvalue weighted by Crippen LogP contribution is -2.62. The first-order valence-electron chi connectivity index (χ1n) is 6.30. The minimum Gasteiger partial charge on any atom is -0.389 e. The lowest BCUT2D eigenvalue weighted by atomic mass is 9.43. The van der Waals surface area contributed by atoms with Crippen molar-refractivity contribution in [2.24, 2.45) is 23.2 Å². The summed E-state index contributed by atoms with van der Waals surface area (Å²) < 4.78 is 0. The lowest BCUT2D eigenvalue weighted by molar-refractivity contribution is -0.221. The van der Waals surface area contributed by atoms with Crippen LogP contribution in [0.4, 0.5) is 0 Å². The molecule has 4 fully saturated rings. The zero-order valence-corrected chi connectivity index (χ0v) is 9.42. The van der Waals surface area contributed by atoms with E-state index in [9.17, 15) is 5.11 Å². The molecule has 3 atom stereocenters. The van der Waals surface area contributed by atoms with Gasteiger partial charge in [-0.1, -0.05) is 13.8 Å². The van der Waals surface area contributed by atoms with Crippen molar-refractivity contribution in [3.63, 3.8) is 0 Å². The molecular weight excluding hydrogens is 172 g/mol. The van der Waals surface area contributed by atoms with E-state index in [1.54, 1.807) is 0 Å². The van der Waals surface area contributed by atoms with Crippen molar-refractivity contribution >= 4 is 0 Å². The molecule has 0 spiro atoms. The van der Waals surface area contributed by atoms with Crippen molar-refractivity contribution in [2.45, 2.75) is 58.0 Å². The van der Waals surface area contributed by atoms with Crippen LogP contribution in [0.3, 0.4) is 0 Å². The van der Waals surface area contributed by atoms with Gasteiger partial charge in [-0.25, -0.2) is 0 Å². The molecule has 4 bridgehead atoms. The second-order valence-electron chi connectivity index (χ2n) is 6.35. The van der Waals surface area contributed by atoms with E-state index in [2.05, 4.69) is 13.8 Å². The monoisotopic (exact) mass is 194 g/mol. The van der Waals surface area contributed by atoms with Gasteiger partial charge in [0.25, 0.3) is 0 Å². The van der Waals surface area contributed by atoms with Crippen LogP contribution in [0.25, 0.3) is 0 Å². The molecule has 0 saturated heterocycles. The van der Waals surface area contributed by atoms with Gasteiger partial charge in [-0.3, -0.25) is 0 Å². The van der Waals surface area contributed by atoms with Crippen LogP contribution in [0, 0.1) is 23.2 Å². The molecule has 80 valence electrons. The normalized spacial score (nSPS) is 60.6. The molecule has 0 amide bonds. The Morgan fingerprint density at radius 1 is 1.14 bits per heavy atom. The highest BCUT2D eigenvalue weighted by Gasteiger charge is 2.61. The molecule has 1 nitrogen and oxygen atoms in total. The zero-order valence-electron chi connectivity index (χ0n) is 9.42. The topological polar surface area (TPSA) is 20.2 Å². The van der Waals surface area contributed by atoms with Gasteiger partial charge in [0, 0.05) is 0 Å². The van der Waals surface area contributed by atoms with Gasteiger partial charge >= 0.3 is 0 Å². The van der Waals surface area contributed by atoms with Crippen LogP contribution in [0.1, 0.15) is 52.4 Å². The van der Waals surface area contributed by atoms with Crippen LogP contribution in [-0.4, -0.2) is 10.7 Å². The summed E-state index contributed by atoms with van der Waals surface area (Å²) >= 11 is 0. The van der Waals surface area contributed by atoms with Crippen molar-refractivity contribution in [1.29, 1.82) is 0 Å². The minimum absolute atomic E-state index is 0.237. The van der Waals surface area contributed by atoms with E-state index in [0.29, 0.717) is 0 Å². The molecule has 1 N–H and O–H groups in total. The highest BCUT2D eigenvalue weighted by atomic mass is 16.3. The zero-order chi connectivity index (χ0) is 9.97. The van der Waals surface area contributed by atoms with Gasteiger partial charge in [0.15, 0.2) is 0 Å². The molecule has 0 aliphatic heterocycles. The summed E-state index contributed by atoms with van der Waals surface area (Å²) in [5.41, 5.74) is -0.0586. The third-order valence-electron chi connectivity index (χ3n) is 5.85. The van der Waals surface area contributed by atoms with Gasteiger partial charge in [-0.05, 0) is 61.7 Å². The molecule has 0 radical (unpaired) electrons. The molecule has 1 heteroatoms. The average Bonchev–Trinajstić information content (AvgIpc) is 2.12. The molecule has 0 aromatic carbocycles. The Morgan fingerprint density at radius 2 is 1.71 bits per heavy atom. The van der Waals surface area contributed by atoms with Gasteiger partial charge < -0.3 is 5.11 Å². The SMILES string of the molecule is CCC1(C)C2CC3CC(C2)CC1(O)C3. The number of rotatable bonds is 1. The van der Waals surface area contributed by atoms with Gasteiger partial charge in [0.2, 0.25) is 0 Å². The summed E-state index contributed by atoms with van der Waals surface area (Å²) in [5.74, 6) is 2.54. The molecule has 0 aromatic rings. The third-order valence-corrected chi connectivity index (χ3v) is 5.85. The molecule has 0 aromatic heterocycles. The maximum absolute atomic E-state index is 10.8. The largest absolute Gasteiger partial charge is 0.389 e. The van der Waals surface area contributed by atoms with Gasteiger partial charge in [-0.15, -0.1) is 0 Å². The fraction of sp³-hybridized carbons (Fsp3) is 1.00. The Kier molecular flexibility index (Phi) is 1.68. The molecule has 14 heavy (non-hydrogen) atoms. The molecule has 4 aliphatic rings. The summed E-state index contributed by atoms with van der Waals surface area (Å²) in [6.07, 6.45) is 7.59.